The van der Waals surface area contributed by atoms with E-state index in [1.807, 2.05) is 0 Å². The average Bonchev–Trinajstić information content (AvgIpc) is 2.65. The van der Waals surface area contributed by atoms with Crippen LogP contribution in [0.15, 0.2) is 18.2 Å². The molecule has 3 nitrogen and oxygen atoms in total. The number of rotatable bonds is 4. The van der Waals surface area contributed by atoms with E-state index in [1.165, 1.54) is 25.0 Å². The van der Waals surface area contributed by atoms with E-state index in [4.69, 9.17) is 16.7 Å². The van der Waals surface area contributed by atoms with Gasteiger partial charge >= 0.3 is 5.97 Å². The van der Waals surface area contributed by atoms with Gasteiger partial charge < -0.3 is 5.11 Å². The van der Waals surface area contributed by atoms with Gasteiger partial charge in [0.15, 0.2) is 0 Å². The molecule has 20 heavy (non-hydrogen) atoms. The Balaban J connectivity index is 2.27. The lowest BCUT2D eigenvalue weighted by Crippen LogP contribution is -2.31. The number of carboxylic acid groups (broad SMARTS) is 1. The van der Waals surface area contributed by atoms with E-state index in [9.17, 15) is 9.18 Å². The summed E-state index contributed by atoms with van der Waals surface area (Å²) in [6.45, 7) is 1.73. The van der Waals surface area contributed by atoms with Gasteiger partial charge in [-0.3, -0.25) is 9.69 Å². The molecule has 0 radical (unpaired) electrons. The molecule has 1 aromatic carbocycles. The molecule has 5 heteroatoms. The topological polar surface area (TPSA) is 40.5 Å². The summed E-state index contributed by atoms with van der Waals surface area (Å²) in [4.78, 5) is 13.3. The van der Waals surface area contributed by atoms with Gasteiger partial charge in [-0.25, -0.2) is 4.39 Å². The number of nitrogens with zero attached hydrogens (tertiary/aromatic N) is 1. The van der Waals surface area contributed by atoms with E-state index in [0.717, 1.165) is 25.9 Å². The number of hydrogen-bond donors (Lipinski definition) is 1. The van der Waals surface area contributed by atoms with Crippen LogP contribution in [0.1, 0.15) is 43.7 Å². The number of aliphatic carboxylic acids is 1. The van der Waals surface area contributed by atoms with Crippen molar-refractivity contribution < 1.29 is 14.3 Å². The first-order valence-electron chi connectivity index (χ1n) is 6.98. The van der Waals surface area contributed by atoms with Crippen LogP contribution in [0.2, 0.25) is 5.02 Å². The van der Waals surface area contributed by atoms with Crippen molar-refractivity contribution in [2.75, 3.05) is 13.1 Å². The van der Waals surface area contributed by atoms with E-state index < -0.39 is 11.8 Å². The zero-order valence-electron chi connectivity index (χ0n) is 11.3. The highest BCUT2D eigenvalue weighted by molar-refractivity contribution is 6.31. The second kappa shape index (κ2) is 7.04. The molecule has 1 N–H and O–H groups in total. The summed E-state index contributed by atoms with van der Waals surface area (Å²) in [6.07, 6.45) is 4.47. The molecule has 110 valence electrons. The van der Waals surface area contributed by atoms with Gasteiger partial charge in [-0.1, -0.05) is 30.5 Å². The lowest BCUT2D eigenvalue weighted by atomic mass is 10.0. The van der Waals surface area contributed by atoms with E-state index in [0.29, 0.717) is 10.6 Å². The fourth-order valence-corrected chi connectivity index (χ4v) is 3.07. The number of carbonyl (C=O) groups is 1. The van der Waals surface area contributed by atoms with Gasteiger partial charge in [-0.15, -0.1) is 0 Å². The van der Waals surface area contributed by atoms with Crippen molar-refractivity contribution >= 4 is 17.6 Å². The van der Waals surface area contributed by atoms with Crippen LogP contribution in [0.25, 0.3) is 0 Å². The Labute approximate surface area is 123 Å². The minimum atomic E-state index is -0.861. The number of hydrogen-bond acceptors (Lipinski definition) is 2. The minimum Gasteiger partial charge on any atom is -0.481 e. The van der Waals surface area contributed by atoms with Crippen LogP contribution < -0.4 is 0 Å². The summed E-state index contributed by atoms with van der Waals surface area (Å²) >= 11 is 6.11. The molecule has 0 bridgehead atoms. The molecule has 0 aromatic heterocycles. The minimum absolute atomic E-state index is 0.00858. The molecule has 1 saturated heterocycles. The molecule has 0 amide bonds. The average molecular weight is 300 g/mol. The van der Waals surface area contributed by atoms with Gasteiger partial charge in [0, 0.05) is 11.1 Å². The smallest absolute Gasteiger partial charge is 0.305 e. The fourth-order valence-electron chi connectivity index (χ4n) is 2.78. The quantitative estimate of drug-likeness (QED) is 0.917. The summed E-state index contributed by atoms with van der Waals surface area (Å²) < 4.78 is 13.2. The van der Waals surface area contributed by atoms with E-state index >= 15 is 0 Å². The van der Waals surface area contributed by atoms with Crippen molar-refractivity contribution in [1.82, 2.24) is 4.90 Å². The SMILES string of the molecule is O=C(O)CC(c1ccc(F)cc1Cl)N1CCCCCC1. The lowest BCUT2D eigenvalue weighted by molar-refractivity contribution is -0.138. The zero-order chi connectivity index (χ0) is 14.5. The van der Waals surface area contributed by atoms with Crippen molar-refractivity contribution in [2.24, 2.45) is 0 Å². The van der Waals surface area contributed by atoms with Gasteiger partial charge in [-0.2, -0.15) is 0 Å². The van der Waals surface area contributed by atoms with Crippen LogP contribution in [0.4, 0.5) is 4.39 Å². The molecule has 2 rings (SSSR count). The standard InChI is InChI=1S/C15H19ClFNO2/c16-13-9-11(17)5-6-12(13)14(10-15(19)20)18-7-3-1-2-4-8-18/h5-6,9,14H,1-4,7-8,10H2,(H,19,20). The number of benzene rings is 1. The van der Waals surface area contributed by atoms with Crippen LogP contribution in [-0.4, -0.2) is 29.1 Å². The lowest BCUT2D eigenvalue weighted by Gasteiger charge is -2.30. The Kier molecular flexibility index (Phi) is 5.38. The summed E-state index contributed by atoms with van der Waals surface area (Å²) in [5.41, 5.74) is 0.706. The molecule has 1 fully saturated rings. The number of likely N-dealkylation sites (tertiary alicyclic amines) is 1. The van der Waals surface area contributed by atoms with Crippen LogP contribution in [0.3, 0.4) is 0 Å². The molecule has 1 unspecified atom stereocenters. The normalized spacial score (nSPS) is 18.5. The Hall–Kier alpha value is -1.13. The summed E-state index contributed by atoms with van der Waals surface area (Å²) in [5, 5.41) is 9.45. The summed E-state index contributed by atoms with van der Waals surface area (Å²) in [6, 6.07) is 3.92. The monoisotopic (exact) mass is 299 g/mol. The molecule has 0 aliphatic carbocycles. The molecule has 1 aliphatic heterocycles. The maximum Gasteiger partial charge on any atom is 0.305 e. The highest BCUT2D eigenvalue weighted by Crippen LogP contribution is 2.32. The first-order chi connectivity index (χ1) is 9.58. The van der Waals surface area contributed by atoms with Crippen LogP contribution in [0.5, 0.6) is 0 Å². The van der Waals surface area contributed by atoms with E-state index in [2.05, 4.69) is 4.90 Å². The Bertz CT molecular complexity index is 473. The maximum absolute atomic E-state index is 13.2. The largest absolute Gasteiger partial charge is 0.481 e. The molecule has 0 saturated carbocycles. The predicted octanol–water partition coefficient (Wildman–Crippen LogP) is 3.87. The molecule has 0 spiro atoms. The van der Waals surface area contributed by atoms with Gasteiger partial charge in [0.2, 0.25) is 0 Å². The van der Waals surface area contributed by atoms with Gasteiger partial charge in [0.25, 0.3) is 0 Å². The Morgan fingerprint density at radius 2 is 1.95 bits per heavy atom. The highest BCUT2D eigenvalue weighted by Gasteiger charge is 2.25. The first kappa shape index (κ1) is 15.3. The predicted molar refractivity (Wildman–Crippen MR) is 76.4 cm³/mol. The maximum atomic E-state index is 13.2. The Morgan fingerprint density at radius 3 is 2.50 bits per heavy atom. The highest BCUT2D eigenvalue weighted by atomic mass is 35.5. The third kappa shape index (κ3) is 3.93. The van der Waals surface area contributed by atoms with Crippen LogP contribution >= 0.6 is 11.6 Å². The molecular formula is C15H19ClFNO2. The van der Waals surface area contributed by atoms with Crippen molar-refractivity contribution in [3.63, 3.8) is 0 Å². The molecule has 1 atom stereocenters. The van der Waals surface area contributed by atoms with Crippen LogP contribution in [0, 0.1) is 5.82 Å². The number of halogens is 2. The second-order valence-corrected chi connectivity index (χ2v) is 5.64. The number of carboxylic acids is 1. The molecular weight excluding hydrogens is 281 g/mol. The van der Waals surface area contributed by atoms with Crippen molar-refractivity contribution in [3.05, 3.63) is 34.6 Å². The van der Waals surface area contributed by atoms with Gasteiger partial charge in [0.05, 0.1) is 6.42 Å². The molecule has 1 aromatic rings. The van der Waals surface area contributed by atoms with E-state index in [-0.39, 0.29) is 12.5 Å². The van der Waals surface area contributed by atoms with Gasteiger partial charge in [-0.05, 0) is 43.6 Å². The third-order valence-electron chi connectivity index (χ3n) is 3.77. The van der Waals surface area contributed by atoms with Gasteiger partial charge in [0.1, 0.15) is 5.82 Å². The van der Waals surface area contributed by atoms with Crippen molar-refractivity contribution in [1.29, 1.82) is 0 Å². The zero-order valence-corrected chi connectivity index (χ0v) is 12.1. The van der Waals surface area contributed by atoms with Crippen molar-refractivity contribution in [3.8, 4) is 0 Å². The first-order valence-corrected chi connectivity index (χ1v) is 7.36. The third-order valence-corrected chi connectivity index (χ3v) is 4.10. The molecule has 1 heterocycles. The second-order valence-electron chi connectivity index (χ2n) is 5.23. The Morgan fingerprint density at radius 1 is 1.30 bits per heavy atom. The fraction of sp³-hybridized carbons (Fsp3) is 0.533. The van der Waals surface area contributed by atoms with E-state index in [1.54, 1.807) is 6.07 Å². The molecule has 1 aliphatic rings. The van der Waals surface area contributed by atoms with Crippen LogP contribution in [-0.2, 0) is 4.79 Å². The van der Waals surface area contributed by atoms with Crippen molar-refractivity contribution in [2.45, 2.75) is 38.1 Å². The summed E-state index contributed by atoms with van der Waals surface area (Å²) in [7, 11) is 0. The summed E-state index contributed by atoms with van der Waals surface area (Å²) in [5.74, 6) is -1.26.